The van der Waals surface area contributed by atoms with Crippen LogP contribution in [-0.2, 0) is 6.18 Å². The van der Waals surface area contributed by atoms with Gasteiger partial charge in [-0.05, 0) is 61.2 Å². The molecule has 0 radical (unpaired) electrons. The normalized spacial score (nSPS) is 13.6. The van der Waals surface area contributed by atoms with Gasteiger partial charge in [0.05, 0.1) is 18.0 Å². The van der Waals surface area contributed by atoms with Crippen molar-refractivity contribution in [1.29, 1.82) is 0 Å². The zero-order valence-electron chi connectivity index (χ0n) is 9.44. The molecule has 0 amide bonds. The maximum Gasteiger partial charge on any atom is 0.417 e. The van der Waals surface area contributed by atoms with E-state index in [1.807, 2.05) is 6.07 Å². The van der Waals surface area contributed by atoms with Gasteiger partial charge in [-0.25, -0.2) is 0 Å². The van der Waals surface area contributed by atoms with Gasteiger partial charge in [-0.3, -0.25) is 0 Å². The molecule has 2 rings (SSSR count). The summed E-state index contributed by atoms with van der Waals surface area (Å²) in [5.74, 6) is 0. The molecule has 0 aliphatic heterocycles. The number of benzene rings is 1. The van der Waals surface area contributed by atoms with Crippen LogP contribution in [0.25, 0.3) is 0 Å². The number of rotatable bonds is 2. The summed E-state index contributed by atoms with van der Waals surface area (Å²) in [7, 11) is 0. The number of alkyl halides is 4. The van der Waals surface area contributed by atoms with E-state index in [0.717, 1.165) is 19.2 Å². The highest BCUT2D eigenvalue weighted by Gasteiger charge is 2.33. The van der Waals surface area contributed by atoms with E-state index in [4.69, 9.17) is 0 Å². The quantitative estimate of drug-likeness (QED) is 0.335. The summed E-state index contributed by atoms with van der Waals surface area (Å²) in [4.78, 5) is -0.311. The molecule has 1 unspecified atom stereocenters. The van der Waals surface area contributed by atoms with Gasteiger partial charge in [0.1, 0.15) is 0 Å². The van der Waals surface area contributed by atoms with Gasteiger partial charge in [0.25, 0.3) is 0 Å². The lowest BCUT2D eigenvalue weighted by Crippen LogP contribution is -2.07. The van der Waals surface area contributed by atoms with E-state index in [-0.39, 0.29) is 9.30 Å². The lowest BCUT2D eigenvalue weighted by Gasteiger charge is -2.14. The van der Waals surface area contributed by atoms with Crippen LogP contribution in [-0.4, -0.2) is 0 Å². The number of thiophene rings is 1. The van der Waals surface area contributed by atoms with E-state index in [0.29, 0.717) is 5.56 Å². The van der Waals surface area contributed by atoms with Gasteiger partial charge < -0.3 is 0 Å². The van der Waals surface area contributed by atoms with Crippen molar-refractivity contribution in [3.63, 3.8) is 0 Å². The molecule has 108 valence electrons. The molecule has 1 atom stereocenters. The van der Waals surface area contributed by atoms with Crippen LogP contribution in [0.2, 0.25) is 0 Å². The summed E-state index contributed by atoms with van der Waals surface area (Å²) in [5.41, 5.74) is 0.758. The first kappa shape index (κ1) is 17.0. The Morgan fingerprint density at radius 2 is 1.70 bits per heavy atom. The third kappa shape index (κ3) is 3.69. The Morgan fingerprint density at radius 1 is 1.05 bits per heavy atom. The van der Waals surface area contributed by atoms with Gasteiger partial charge in [0, 0.05) is 4.47 Å². The lowest BCUT2D eigenvalue weighted by molar-refractivity contribution is -0.138. The average Bonchev–Trinajstić information content (AvgIpc) is 2.66. The largest absolute Gasteiger partial charge is 0.417 e. The second-order valence-electron chi connectivity index (χ2n) is 3.88. The van der Waals surface area contributed by atoms with Crippen molar-refractivity contribution in [3.8, 4) is 0 Å². The third-order valence-corrected chi connectivity index (χ3v) is 6.64. The third-order valence-electron chi connectivity index (χ3n) is 2.54. The topological polar surface area (TPSA) is 0 Å². The van der Waals surface area contributed by atoms with Crippen LogP contribution in [0.4, 0.5) is 13.2 Å². The van der Waals surface area contributed by atoms with Gasteiger partial charge in [-0.2, -0.15) is 13.2 Å². The van der Waals surface area contributed by atoms with Gasteiger partial charge >= 0.3 is 6.18 Å². The molecule has 20 heavy (non-hydrogen) atoms. The summed E-state index contributed by atoms with van der Waals surface area (Å²) in [5, 5.41) is 0. The van der Waals surface area contributed by atoms with Crippen LogP contribution in [0, 0.1) is 0 Å². The molecule has 0 aliphatic carbocycles. The minimum atomic E-state index is -4.38. The molecule has 0 N–H and O–H groups in total. The Balaban J connectivity index is 2.46. The Hall–Kier alpha value is 0.630. The maximum atomic E-state index is 12.9. The van der Waals surface area contributed by atoms with Crippen LogP contribution in [0.1, 0.15) is 21.5 Å². The Bertz CT molecular complexity index is 636. The highest BCUT2D eigenvalue weighted by molar-refractivity contribution is 9.12. The van der Waals surface area contributed by atoms with E-state index in [2.05, 4.69) is 63.7 Å². The number of hydrogen-bond acceptors (Lipinski definition) is 1. The molecular formula is C12H5Br4F3S. The van der Waals surface area contributed by atoms with E-state index in [9.17, 15) is 13.2 Å². The van der Waals surface area contributed by atoms with Crippen molar-refractivity contribution in [2.24, 2.45) is 0 Å². The fraction of sp³-hybridized carbons (Fsp3) is 0.167. The maximum absolute atomic E-state index is 12.9. The average molecular weight is 558 g/mol. The van der Waals surface area contributed by atoms with Crippen LogP contribution in [0.5, 0.6) is 0 Å². The highest BCUT2D eigenvalue weighted by atomic mass is 79.9. The summed E-state index contributed by atoms with van der Waals surface area (Å²) in [6.07, 6.45) is -4.38. The van der Waals surface area contributed by atoms with Crippen LogP contribution >= 0.6 is 75.1 Å². The van der Waals surface area contributed by atoms with E-state index in [1.165, 1.54) is 17.4 Å². The molecular weight excluding hydrogens is 553 g/mol. The molecule has 0 bridgehead atoms. The molecule has 1 heterocycles. The van der Waals surface area contributed by atoms with Crippen LogP contribution < -0.4 is 0 Å². The number of hydrogen-bond donors (Lipinski definition) is 0. The Morgan fingerprint density at radius 3 is 2.20 bits per heavy atom. The molecule has 0 saturated carbocycles. The first-order valence-corrected chi connectivity index (χ1v) is 9.26. The predicted octanol–water partition coefficient (Wildman–Crippen LogP) is 7.54. The molecule has 1 aromatic carbocycles. The standard InChI is InChI=1S/C12H5Br4F3S/c13-8-2-1-5(3-7(8)12(17,18)19)10(15)6-4-9(14)20-11(6)16/h1-4,10H. The van der Waals surface area contributed by atoms with Crippen molar-refractivity contribution < 1.29 is 13.2 Å². The number of halogens is 7. The highest BCUT2D eigenvalue weighted by Crippen LogP contribution is 2.44. The monoisotopic (exact) mass is 554 g/mol. The fourth-order valence-electron chi connectivity index (χ4n) is 1.62. The smallest absolute Gasteiger partial charge is 0.166 e. The minimum absolute atomic E-state index is 0.0408. The lowest BCUT2D eigenvalue weighted by atomic mass is 10.0. The molecule has 8 heteroatoms. The van der Waals surface area contributed by atoms with Crippen molar-refractivity contribution in [2.75, 3.05) is 0 Å². The summed E-state index contributed by atoms with van der Waals surface area (Å²) in [6, 6.07) is 6.11. The molecule has 0 saturated heterocycles. The summed E-state index contributed by atoms with van der Waals surface area (Å²) >= 11 is 14.7. The van der Waals surface area contributed by atoms with E-state index >= 15 is 0 Å². The van der Waals surface area contributed by atoms with Gasteiger partial charge in [0.15, 0.2) is 0 Å². The van der Waals surface area contributed by atoms with Crippen molar-refractivity contribution in [3.05, 3.63) is 53.0 Å². The van der Waals surface area contributed by atoms with Crippen molar-refractivity contribution in [2.45, 2.75) is 11.0 Å². The molecule has 2 aromatic rings. The van der Waals surface area contributed by atoms with Crippen LogP contribution in [0.15, 0.2) is 36.3 Å². The Kier molecular flexibility index (Phi) is 5.44. The van der Waals surface area contributed by atoms with Gasteiger partial charge in [-0.1, -0.05) is 37.9 Å². The molecule has 0 fully saturated rings. The van der Waals surface area contributed by atoms with Crippen LogP contribution in [0.3, 0.4) is 0 Å². The first-order valence-electron chi connectivity index (χ1n) is 5.15. The minimum Gasteiger partial charge on any atom is -0.166 e. The molecule has 0 nitrogen and oxygen atoms in total. The predicted molar refractivity (Wildman–Crippen MR) is 89.6 cm³/mol. The zero-order valence-corrected chi connectivity index (χ0v) is 16.6. The van der Waals surface area contributed by atoms with Crippen molar-refractivity contribution >= 4 is 75.1 Å². The molecule has 1 aromatic heterocycles. The fourth-order valence-corrected chi connectivity index (χ4v) is 6.10. The van der Waals surface area contributed by atoms with E-state index in [1.54, 1.807) is 6.07 Å². The Labute approximate surface area is 151 Å². The zero-order chi connectivity index (χ0) is 15.1. The molecule has 0 aliphatic rings. The second-order valence-corrected chi connectivity index (χ2v) is 9.40. The van der Waals surface area contributed by atoms with Gasteiger partial charge in [0.2, 0.25) is 0 Å². The van der Waals surface area contributed by atoms with E-state index < -0.39 is 11.7 Å². The van der Waals surface area contributed by atoms with Crippen molar-refractivity contribution in [1.82, 2.24) is 0 Å². The molecule has 0 spiro atoms. The SMILES string of the molecule is FC(F)(F)c1cc(C(Br)c2cc(Br)sc2Br)ccc1Br. The summed E-state index contributed by atoms with van der Waals surface area (Å²) < 4.78 is 40.6. The van der Waals surface area contributed by atoms with Gasteiger partial charge in [-0.15, -0.1) is 11.3 Å². The second kappa shape index (κ2) is 6.40. The summed E-state index contributed by atoms with van der Waals surface area (Å²) in [6.45, 7) is 0. The first-order chi connectivity index (χ1) is 9.20.